The molecule has 0 radical (unpaired) electrons. The molecule has 1 fully saturated rings. The van der Waals surface area contributed by atoms with Crippen molar-refractivity contribution in [2.75, 3.05) is 37.8 Å². The number of hydrogen-bond acceptors (Lipinski definition) is 8. The molecule has 2 aromatic carbocycles. The third kappa shape index (κ3) is 5.45. The van der Waals surface area contributed by atoms with E-state index < -0.39 is 5.97 Å². The molecular weight excluding hydrogens is 473 g/mol. The van der Waals surface area contributed by atoms with Crippen LogP contribution < -0.4 is 15.1 Å². The third-order valence-electron chi connectivity index (χ3n) is 5.03. The van der Waals surface area contributed by atoms with Gasteiger partial charge in [-0.05, 0) is 24.3 Å². The summed E-state index contributed by atoms with van der Waals surface area (Å²) < 4.78 is 16.9. The fraction of sp³-hybridized carbons (Fsp3) is 0.217. The summed E-state index contributed by atoms with van der Waals surface area (Å²) >= 11 is 3.18. The van der Waals surface area contributed by atoms with Crippen LogP contribution in [0.5, 0.6) is 5.75 Å². The fourth-order valence-corrected chi connectivity index (χ4v) is 5.94. The normalized spacial score (nSPS) is 14.6. The summed E-state index contributed by atoms with van der Waals surface area (Å²) in [6.45, 7) is 2.20. The molecule has 0 atom stereocenters. The zero-order valence-corrected chi connectivity index (χ0v) is 18.5. The van der Waals surface area contributed by atoms with Gasteiger partial charge in [-0.2, -0.15) is 0 Å². The number of aliphatic carboxylic acids is 1. The Hall–Kier alpha value is -1.88. The molecule has 1 aromatic heterocycles. The van der Waals surface area contributed by atoms with Crippen molar-refractivity contribution >= 4 is 64.9 Å². The van der Waals surface area contributed by atoms with E-state index in [2.05, 4.69) is 0 Å². The average Bonchev–Trinajstić information content (AvgIpc) is 2.81. The van der Waals surface area contributed by atoms with E-state index in [-0.39, 0.29) is 41.6 Å². The molecule has 0 amide bonds. The van der Waals surface area contributed by atoms with Gasteiger partial charge < -0.3 is 23.9 Å². The minimum atomic E-state index is -1.01. The quantitative estimate of drug-likeness (QED) is 0.419. The van der Waals surface area contributed by atoms with E-state index in [1.165, 1.54) is 12.1 Å². The van der Waals surface area contributed by atoms with Crippen LogP contribution in [-0.2, 0) is 9.53 Å². The van der Waals surface area contributed by atoms with Gasteiger partial charge in [-0.25, -0.2) is 4.79 Å². The first kappa shape index (κ1) is 24.3. The van der Waals surface area contributed by atoms with Gasteiger partial charge in [-0.1, -0.05) is 35.7 Å². The second-order valence-electron chi connectivity index (χ2n) is 7.22. The van der Waals surface area contributed by atoms with Gasteiger partial charge >= 0.3 is 35.5 Å². The Morgan fingerprint density at radius 3 is 2.64 bits per heavy atom. The average molecular weight is 494 g/mol. The van der Waals surface area contributed by atoms with Crippen LogP contribution >= 0.6 is 23.5 Å². The topological polar surface area (TPSA) is 89.2 Å². The number of nitrogens with zero attached hydrogens (tertiary/aromatic N) is 1. The summed E-state index contributed by atoms with van der Waals surface area (Å²) in [5.74, 6) is 0.597. The molecule has 3 aromatic rings. The molecule has 0 bridgehead atoms. The van der Waals surface area contributed by atoms with E-state index >= 15 is 0 Å². The van der Waals surface area contributed by atoms with Crippen LogP contribution in [-0.4, -0.2) is 73.5 Å². The van der Waals surface area contributed by atoms with E-state index in [0.717, 1.165) is 25.1 Å². The van der Waals surface area contributed by atoms with E-state index in [1.54, 1.807) is 29.6 Å². The molecule has 0 aliphatic carbocycles. The molecule has 2 aliphatic rings. The Kier molecular flexibility index (Phi) is 7.78. The number of morpholine rings is 1. The van der Waals surface area contributed by atoms with Crippen molar-refractivity contribution in [1.82, 2.24) is 0 Å². The summed E-state index contributed by atoms with van der Waals surface area (Å²) in [7, 11) is 0. The summed E-state index contributed by atoms with van der Waals surface area (Å²) in [6, 6.07) is 14.5. The van der Waals surface area contributed by atoms with Gasteiger partial charge in [0.05, 0.1) is 13.2 Å². The Morgan fingerprint density at radius 1 is 1.03 bits per heavy atom. The second kappa shape index (κ2) is 10.6. The molecular formula is C23H20NNaO6S2. The zero-order chi connectivity index (χ0) is 22.1. The molecule has 33 heavy (non-hydrogen) atoms. The number of anilines is 1. The molecule has 0 saturated carbocycles. The number of carboxylic acids is 1. The Balaban J connectivity index is 0.00000259. The van der Waals surface area contributed by atoms with E-state index in [0.29, 0.717) is 43.7 Å². The summed E-state index contributed by atoms with van der Waals surface area (Å²) in [6.07, 6.45) is 0. The van der Waals surface area contributed by atoms with Gasteiger partial charge in [-0.15, -0.1) is 0 Å². The standard InChI is InChI=1S/C23H19NO6S2.Na.H/c25-14-10-17(30-21(11-14)24-6-8-28-9-7-24)16-2-1-3-19-23(16)32-18-5-4-15(12-20(18)31-19)29-13-22(26)27;;/h1-5,10-12H,6-9,13H2,(H,26,27);;. The third-order valence-corrected chi connectivity index (χ3v) is 7.63. The number of ether oxygens (including phenoxy) is 2. The van der Waals surface area contributed by atoms with Crippen molar-refractivity contribution < 1.29 is 23.8 Å². The summed E-state index contributed by atoms with van der Waals surface area (Å²) in [4.78, 5) is 29.3. The van der Waals surface area contributed by atoms with Crippen molar-refractivity contribution in [1.29, 1.82) is 0 Å². The number of fused-ring (bicyclic) bond motifs is 2. The molecule has 2 aliphatic heterocycles. The number of rotatable bonds is 5. The van der Waals surface area contributed by atoms with E-state index in [4.69, 9.17) is 19.0 Å². The summed E-state index contributed by atoms with van der Waals surface area (Å²) in [5, 5.41) is 8.83. The molecule has 5 rings (SSSR count). The van der Waals surface area contributed by atoms with Crippen molar-refractivity contribution in [3.05, 3.63) is 58.8 Å². The molecule has 166 valence electrons. The van der Waals surface area contributed by atoms with Crippen LogP contribution in [0.3, 0.4) is 0 Å². The Bertz CT molecular complexity index is 1240. The van der Waals surface area contributed by atoms with Crippen LogP contribution in [0, 0.1) is 0 Å². The monoisotopic (exact) mass is 493 g/mol. The van der Waals surface area contributed by atoms with Gasteiger partial charge in [0.2, 0.25) is 0 Å². The van der Waals surface area contributed by atoms with Crippen molar-refractivity contribution in [3.8, 4) is 17.1 Å². The molecule has 1 N–H and O–H groups in total. The second-order valence-corrected chi connectivity index (χ2v) is 9.36. The number of hydrogen-bond donors (Lipinski definition) is 1. The molecule has 10 heteroatoms. The van der Waals surface area contributed by atoms with Crippen LogP contribution in [0.2, 0.25) is 0 Å². The fourth-order valence-electron chi connectivity index (χ4n) is 3.55. The van der Waals surface area contributed by atoms with Gasteiger partial charge in [0, 0.05) is 50.4 Å². The van der Waals surface area contributed by atoms with Crippen LogP contribution in [0.25, 0.3) is 11.3 Å². The van der Waals surface area contributed by atoms with Gasteiger partial charge in [0.1, 0.15) is 11.5 Å². The zero-order valence-electron chi connectivity index (χ0n) is 16.9. The van der Waals surface area contributed by atoms with Gasteiger partial charge in [-0.3, -0.25) is 4.79 Å². The molecule has 7 nitrogen and oxygen atoms in total. The van der Waals surface area contributed by atoms with Crippen molar-refractivity contribution in [3.63, 3.8) is 0 Å². The minimum absolute atomic E-state index is 0. The first-order valence-electron chi connectivity index (χ1n) is 10.0. The molecule has 0 unspecified atom stereocenters. The SMILES string of the molecule is O=C(O)COc1ccc2c(c1)Sc1cccc(-c3cc(=O)cc(N4CCOCC4)o3)c1S2.[NaH]. The Morgan fingerprint density at radius 2 is 1.85 bits per heavy atom. The molecule has 1 saturated heterocycles. The van der Waals surface area contributed by atoms with Crippen LogP contribution in [0.15, 0.2) is 77.3 Å². The first-order chi connectivity index (χ1) is 15.6. The van der Waals surface area contributed by atoms with Crippen LogP contribution in [0.1, 0.15) is 0 Å². The predicted octanol–water partition coefficient (Wildman–Crippen LogP) is 3.57. The van der Waals surface area contributed by atoms with Crippen molar-refractivity contribution in [2.45, 2.75) is 19.6 Å². The Labute approximate surface area is 220 Å². The van der Waals surface area contributed by atoms with Crippen LogP contribution in [0.4, 0.5) is 5.88 Å². The molecule has 0 spiro atoms. The van der Waals surface area contributed by atoms with E-state index in [9.17, 15) is 9.59 Å². The maximum absolute atomic E-state index is 12.5. The molecule has 3 heterocycles. The predicted molar refractivity (Wildman–Crippen MR) is 128 cm³/mol. The maximum atomic E-state index is 12.5. The van der Waals surface area contributed by atoms with Crippen molar-refractivity contribution in [2.24, 2.45) is 0 Å². The number of carbonyl (C=O) groups is 1. The number of benzene rings is 2. The summed E-state index contributed by atoms with van der Waals surface area (Å²) in [5.41, 5.74) is 0.767. The van der Waals surface area contributed by atoms with Gasteiger partial charge in [0.15, 0.2) is 17.9 Å². The van der Waals surface area contributed by atoms with Gasteiger partial charge in [0.25, 0.3) is 0 Å². The van der Waals surface area contributed by atoms with E-state index in [1.807, 2.05) is 35.2 Å². The first-order valence-corrected chi connectivity index (χ1v) is 11.7. The number of carboxylic acid groups (broad SMARTS) is 1.